The number of hydrogen-bond donors (Lipinski definition) is 1. The van der Waals surface area contributed by atoms with Crippen LogP contribution < -0.4 is 5.32 Å². The van der Waals surface area contributed by atoms with Gasteiger partial charge in [0.2, 0.25) is 0 Å². The van der Waals surface area contributed by atoms with Gasteiger partial charge >= 0.3 is 0 Å². The first-order chi connectivity index (χ1) is 7.56. The van der Waals surface area contributed by atoms with E-state index in [4.69, 9.17) is 0 Å². The number of carbonyl (C=O) groups is 1. The first kappa shape index (κ1) is 11.4. The molecule has 16 heavy (non-hydrogen) atoms. The third-order valence-electron chi connectivity index (χ3n) is 3.49. The molecule has 88 valence electrons. The van der Waals surface area contributed by atoms with Crippen LogP contribution >= 0.6 is 0 Å². The van der Waals surface area contributed by atoms with Gasteiger partial charge in [0, 0.05) is 23.0 Å². The van der Waals surface area contributed by atoms with Crippen LogP contribution in [0.5, 0.6) is 0 Å². The Morgan fingerprint density at radius 1 is 1.50 bits per heavy atom. The molecule has 2 rings (SSSR count). The van der Waals surface area contributed by atoms with E-state index in [0.717, 1.165) is 11.3 Å². The smallest absolute Gasteiger partial charge is 0.181 e. The lowest BCUT2D eigenvalue weighted by Crippen LogP contribution is -2.31. The standard InChI is InChI=1S/C13H20N2O/c1-8-7-12(13(16)9(2)14-4)10(3)15(8)11-5-6-11/h7,9,11,14H,5-6H2,1-4H3. The Balaban J connectivity index is 2.35. The van der Waals surface area contributed by atoms with Crippen molar-refractivity contribution in [3.8, 4) is 0 Å². The second kappa shape index (κ2) is 4.06. The number of aromatic nitrogens is 1. The van der Waals surface area contributed by atoms with Gasteiger partial charge in [0.05, 0.1) is 6.04 Å². The summed E-state index contributed by atoms with van der Waals surface area (Å²) in [6.07, 6.45) is 2.51. The van der Waals surface area contributed by atoms with E-state index in [1.54, 1.807) is 0 Å². The van der Waals surface area contributed by atoms with Gasteiger partial charge in [-0.25, -0.2) is 0 Å². The molecule has 0 saturated heterocycles. The lowest BCUT2D eigenvalue weighted by atomic mass is 10.1. The lowest BCUT2D eigenvalue weighted by molar-refractivity contribution is 0.0954. The Hall–Kier alpha value is -1.09. The van der Waals surface area contributed by atoms with Crippen LogP contribution in [0.4, 0.5) is 0 Å². The number of ketones is 1. The average Bonchev–Trinajstić information content (AvgIpc) is 3.04. The molecule has 3 nitrogen and oxygen atoms in total. The maximum Gasteiger partial charge on any atom is 0.181 e. The van der Waals surface area contributed by atoms with Gasteiger partial charge in [-0.2, -0.15) is 0 Å². The minimum absolute atomic E-state index is 0.104. The molecular weight excluding hydrogens is 200 g/mol. The Morgan fingerprint density at radius 3 is 2.62 bits per heavy atom. The zero-order chi connectivity index (χ0) is 11.9. The molecule has 0 spiro atoms. The van der Waals surface area contributed by atoms with E-state index in [2.05, 4.69) is 23.7 Å². The molecule has 1 aliphatic carbocycles. The summed E-state index contributed by atoms with van der Waals surface area (Å²) in [4.78, 5) is 12.1. The highest BCUT2D eigenvalue weighted by molar-refractivity contribution is 6.01. The summed E-state index contributed by atoms with van der Waals surface area (Å²) in [7, 11) is 1.82. The molecule has 3 heteroatoms. The molecular formula is C13H20N2O. The molecule has 1 saturated carbocycles. The third kappa shape index (κ3) is 1.80. The summed E-state index contributed by atoms with van der Waals surface area (Å²) >= 11 is 0. The van der Waals surface area contributed by atoms with Gasteiger partial charge in [0.15, 0.2) is 5.78 Å². The largest absolute Gasteiger partial charge is 0.345 e. The summed E-state index contributed by atoms with van der Waals surface area (Å²) in [5.74, 6) is 0.197. The van der Waals surface area contributed by atoms with Gasteiger partial charge in [-0.3, -0.25) is 4.79 Å². The predicted octanol–water partition coefficient (Wildman–Crippen LogP) is 2.23. The maximum atomic E-state index is 12.1. The molecule has 1 heterocycles. The van der Waals surface area contributed by atoms with Crippen LogP contribution in [-0.4, -0.2) is 23.4 Å². The number of hydrogen-bond acceptors (Lipinski definition) is 2. The SMILES string of the molecule is CNC(C)C(=O)c1cc(C)n(C2CC2)c1C. The van der Waals surface area contributed by atoms with Crippen molar-refractivity contribution in [1.82, 2.24) is 9.88 Å². The van der Waals surface area contributed by atoms with Crippen molar-refractivity contribution >= 4 is 5.78 Å². The fourth-order valence-electron chi connectivity index (χ4n) is 2.29. The highest BCUT2D eigenvalue weighted by atomic mass is 16.1. The van der Waals surface area contributed by atoms with E-state index in [9.17, 15) is 4.79 Å². The zero-order valence-electron chi connectivity index (χ0n) is 10.5. The number of carbonyl (C=O) groups excluding carboxylic acids is 1. The van der Waals surface area contributed by atoms with Gasteiger partial charge in [0.1, 0.15) is 0 Å². The topological polar surface area (TPSA) is 34.0 Å². The second-order valence-electron chi connectivity index (χ2n) is 4.76. The summed E-state index contributed by atoms with van der Waals surface area (Å²) in [6, 6.07) is 2.57. The summed E-state index contributed by atoms with van der Waals surface area (Å²) < 4.78 is 2.32. The van der Waals surface area contributed by atoms with Gasteiger partial charge in [0.25, 0.3) is 0 Å². The quantitative estimate of drug-likeness (QED) is 0.789. The van der Waals surface area contributed by atoms with E-state index in [1.807, 2.05) is 20.0 Å². The van der Waals surface area contributed by atoms with Gasteiger partial charge in [-0.15, -0.1) is 0 Å². The lowest BCUT2D eigenvalue weighted by Gasteiger charge is -2.10. The molecule has 1 aromatic rings. The number of aryl methyl sites for hydroxylation is 1. The third-order valence-corrected chi connectivity index (χ3v) is 3.49. The zero-order valence-corrected chi connectivity index (χ0v) is 10.5. The number of Topliss-reactive ketones (excluding diaryl/α,β-unsaturated/α-hetero) is 1. The molecule has 1 atom stereocenters. The molecule has 0 aromatic carbocycles. The molecule has 0 amide bonds. The molecule has 1 fully saturated rings. The van der Waals surface area contributed by atoms with E-state index in [-0.39, 0.29) is 11.8 Å². The molecule has 1 aromatic heterocycles. The first-order valence-corrected chi connectivity index (χ1v) is 5.96. The number of likely N-dealkylation sites (N-methyl/N-ethyl adjacent to an activating group) is 1. The predicted molar refractivity (Wildman–Crippen MR) is 65.0 cm³/mol. The van der Waals surface area contributed by atoms with Crippen molar-refractivity contribution in [3.63, 3.8) is 0 Å². The molecule has 0 radical (unpaired) electrons. The Labute approximate surface area is 96.8 Å². The van der Waals surface area contributed by atoms with Crippen molar-refractivity contribution in [1.29, 1.82) is 0 Å². The number of nitrogens with one attached hydrogen (secondary N) is 1. The summed E-state index contributed by atoms with van der Waals surface area (Å²) in [5.41, 5.74) is 3.23. The van der Waals surface area contributed by atoms with Gasteiger partial charge in [-0.1, -0.05) is 0 Å². The Bertz CT molecular complexity index is 416. The summed E-state index contributed by atoms with van der Waals surface area (Å²) in [6.45, 7) is 6.05. The Kier molecular flexibility index (Phi) is 2.89. The van der Waals surface area contributed by atoms with Crippen molar-refractivity contribution in [3.05, 3.63) is 23.0 Å². The van der Waals surface area contributed by atoms with Gasteiger partial charge < -0.3 is 9.88 Å². The highest BCUT2D eigenvalue weighted by Gasteiger charge is 2.29. The molecule has 0 bridgehead atoms. The molecule has 1 aliphatic rings. The van der Waals surface area contributed by atoms with Crippen LogP contribution in [0.2, 0.25) is 0 Å². The minimum atomic E-state index is -0.104. The van der Waals surface area contributed by atoms with E-state index in [1.165, 1.54) is 18.5 Å². The second-order valence-corrected chi connectivity index (χ2v) is 4.76. The van der Waals surface area contributed by atoms with Crippen LogP contribution in [0.25, 0.3) is 0 Å². The number of nitrogens with zero attached hydrogens (tertiary/aromatic N) is 1. The van der Waals surface area contributed by atoms with Crippen LogP contribution in [0.3, 0.4) is 0 Å². The van der Waals surface area contributed by atoms with E-state index >= 15 is 0 Å². The molecule has 1 unspecified atom stereocenters. The molecule has 0 aliphatic heterocycles. The van der Waals surface area contributed by atoms with Crippen molar-refractivity contribution in [2.24, 2.45) is 0 Å². The number of rotatable bonds is 4. The van der Waals surface area contributed by atoms with Crippen LogP contribution in [0, 0.1) is 13.8 Å². The van der Waals surface area contributed by atoms with Gasteiger partial charge in [-0.05, 0) is 46.7 Å². The fourth-order valence-corrected chi connectivity index (χ4v) is 2.29. The molecule has 1 N–H and O–H groups in total. The van der Waals surface area contributed by atoms with Crippen LogP contribution in [-0.2, 0) is 0 Å². The first-order valence-electron chi connectivity index (χ1n) is 5.96. The highest BCUT2D eigenvalue weighted by Crippen LogP contribution is 2.38. The minimum Gasteiger partial charge on any atom is -0.345 e. The summed E-state index contributed by atoms with van der Waals surface area (Å²) in [5, 5.41) is 3.01. The van der Waals surface area contributed by atoms with Crippen molar-refractivity contribution in [2.75, 3.05) is 7.05 Å². The van der Waals surface area contributed by atoms with Crippen LogP contribution in [0.1, 0.15) is 47.6 Å². The van der Waals surface area contributed by atoms with Crippen molar-refractivity contribution in [2.45, 2.75) is 45.7 Å². The monoisotopic (exact) mass is 220 g/mol. The van der Waals surface area contributed by atoms with E-state index < -0.39 is 0 Å². The van der Waals surface area contributed by atoms with Crippen LogP contribution in [0.15, 0.2) is 6.07 Å². The average molecular weight is 220 g/mol. The maximum absolute atomic E-state index is 12.1. The fraction of sp³-hybridized carbons (Fsp3) is 0.615. The van der Waals surface area contributed by atoms with Crippen molar-refractivity contribution < 1.29 is 4.79 Å². The van der Waals surface area contributed by atoms with E-state index in [0.29, 0.717) is 6.04 Å². The Morgan fingerprint density at radius 2 is 2.12 bits per heavy atom. The normalized spacial score (nSPS) is 17.5.